The van der Waals surface area contributed by atoms with E-state index < -0.39 is 23.2 Å². The average molecular weight is 178 g/mol. The molecule has 0 atom stereocenters. The molecule has 1 rings (SSSR count). The summed E-state index contributed by atoms with van der Waals surface area (Å²) < 4.78 is 48.4. The molecular weight excluding hydrogens is 174 g/mol. The Labute approximate surface area is 65.8 Å². The van der Waals surface area contributed by atoms with Crippen LogP contribution in [0.4, 0.5) is 23.2 Å². The highest BCUT2D eigenvalue weighted by Crippen LogP contribution is 2.34. The molecule has 0 saturated heterocycles. The van der Waals surface area contributed by atoms with Gasteiger partial charge >= 0.3 is 6.18 Å². The Balaban J connectivity index is 3.31. The number of hydrogen-bond acceptors (Lipinski definition) is 1. The van der Waals surface area contributed by atoms with Crippen molar-refractivity contribution in [2.75, 3.05) is 5.73 Å². The Morgan fingerprint density at radius 1 is 1.33 bits per heavy atom. The highest BCUT2D eigenvalue weighted by atomic mass is 19.4. The van der Waals surface area contributed by atoms with E-state index in [9.17, 15) is 17.6 Å². The van der Waals surface area contributed by atoms with Gasteiger partial charge in [0.25, 0.3) is 0 Å². The van der Waals surface area contributed by atoms with Crippen molar-refractivity contribution in [1.29, 1.82) is 0 Å². The number of hydrogen-bond donors (Lipinski definition) is 1. The van der Waals surface area contributed by atoms with E-state index in [0.717, 1.165) is 6.07 Å². The quantitative estimate of drug-likeness (QED) is 0.478. The van der Waals surface area contributed by atoms with E-state index in [-0.39, 0.29) is 0 Å². The monoisotopic (exact) mass is 178 g/mol. The Bertz CT molecular complexity index is 272. The lowest BCUT2D eigenvalue weighted by Crippen LogP contribution is -2.11. The lowest BCUT2D eigenvalue weighted by atomic mass is 10.1. The lowest BCUT2D eigenvalue weighted by Gasteiger charge is -2.09. The summed E-state index contributed by atoms with van der Waals surface area (Å²) in [6.07, 6.45) is -4.76. The topological polar surface area (TPSA) is 26.0 Å². The number of benzene rings is 1. The van der Waals surface area contributed by atoms with Gasteiger partial charge in [-0.15, -0.1) is 0 Å². The van der Waals surface area contributed by atoms with E-state index in [4.69, 9.17) is 5.73 Å². The van der Waals surface area contributed by atoms with E-state index >= 15 is 0 Å². The van der Waals surface area contributed by atoms with Gasteiger partial charge in [-0.05, 0) is 12.1 Å². The van der Waals surface area contributed by atoms with Crippen molar-refractivity contribution in [3.63, 3.8) is 0 Å². The van der Waals surface area contributed by atoms with Gasteiger partial charge in [0.1, 0.15) is 11.4 Å². The number of rotatable bonds is 0. The third-order valence-electron chi connectivity index (χ3n) is 1.26. The van der Waals surface area contributed by atoms with E-state index in [1.807, 2.05) is 0 Å². The molecule has 0 spiro atoms. The van der Waals surface area contributed by atoms with Crippen LogP contribution in [0.25, 0.3) is 0 Å². The molecule has 0 amide bonds. The molecule has 1 radical (unpaired) electrons. The van der Waals surface area contributed by atoms with E-state index in [1.54, 1.807) is 0 Å². The predicted molar refractivity (Wildman–Crippen MR) is 34.7 cm³/mol. The molecule has 0 aromatic heterocycles. The van der Waals surface area contributed by atoms with Gasteiger partial charge in [0.2, 0.25) is 0 Å². The van der Waals surface area contributed by atoms with Gasteiger partial charge in [-0.25, -0.2) is 4.39 Å². The van der Waals surface area contributed by atoms with Crippen molar-refractivity contribution in [3.05, 3.63) is 29.6 Å². The molecule has 1 aromatic carbocycles. The molecule has 0 bridgehead atoms. The predicted octanol–water partition coefficient (Wildman–Crippen LogP) is 2.23. The van der Waals surface area contributed by atoms with Crippen molar-refractivity contribution in [1.82, 2.24) is 0 Å². The summed E-state index contributed by atoms with van der Waals surface area (Å²) in [7, 11) is 0. The van der Waals surface area contributed by atoms with Crippen LogP contribution in [0.2, 0.25) is 0 Å². The maximum Gasteiger partial charge on any atom is 0.421 e. The zero-order valence-electron chi connectivity index (χ0n) is 5.74. The maximum atomic E-state index is 12.5. The first kappa shape index (κ1) is 8.83. The van der Waals surface area contributed by atoms with Crippen molar-refractivity contribution in [3.8, 4) is 0 Å². The molecule has 0 aliphatic heterocycles. The summed E-state index contributed by atoms with van der Waals surface area (Å²) in [5.41, 5.74) is 2.72. The summed E-state index contributed by atoms with van der Waals surface area (Å²) in [4.78, 5) is 0. The zero-order chi connectivity index (χ0) is 9.35. The first-order valence-corrected chi connectivity index (χ1v) is 2.96. The molecule has 1 aromatic rings. The van der Waals surface area contributed by atoms with Crippen LogP contribution >= 0.6 is 0 Å². The molecule has 65 valence electrons. The van der Waals surface area contributed by atoms with Crippen LogP contribution in [0, 0.1) is 11.9 Å². The minimum Gasteiger partial charge on any atom is -0.398 e. The minimum absolute atomic E-state index is 0.666. The molecule has 0 fully saturated rings. The molecular formula is C7H4F4N. The zero-order valence-corrected chi connectivity index (χ0v) is 5.74. The second-order valence-corrected chi connectivity index (χ2v) is 2.11. The van der Waals surface area contributed by atoms with Gasteiger partial charge in [-0.2, -0.15) is 13.2 Å². The fourth-order valence-corrected chi connectivity index (χ4v) is 0.777. The van der Waals surface area contributed by atoms with Gasteiger partial charge in [-0.3, -0.25) is 0 Å². The molecule has 5 heteroatoms. The van der Waals surface area contributed by atoms with Gasteiger partial charge in [0.15, 0.2) is 0 Å². The number of nitrogens with two attached hydrogens (primary N) is 1. The summed E-state index contributed by atoms with van der Waals surface area (Å²) in [5, 5.41) is 0. The minimum atomic E-state index is -4.76. The standard InChI is InChI=1S/C7H4F4N/c8-4-2-1-3-5(12)6(4)7(9,10)11/h1-2H,12H2. The highest BCUT2D eigenvalue weighted by molar-refractivity contribution is 5.47. The first-order chi connectivity index (χ1) is 5.43. The van der Waals surface area contributed by atoms with E-state index in [1.165, 1.54) is 0 Å². The number of halogens is 4. The normalized spacial score (nSPS) is 11.7. The molecule has 0 aliphatic rings. The Morgan fingerprint density at radius 3 is 2.25 bits per heavy atom. The van der Waals surface area contributed by atoms with Crippen LogP contribution in [0.5, 0.6) is 0 Å². The van der Waals surface area contributed by atoms with Gasteiger partial charge in [0, 0.05) is 6.07 Å². The van der Waals surface area contributed by atoms with Crippen molar-refractivity contribution >= 4 is 5.69 Å². The molecule has 12 heavy (non-hydrogen) atoms. The summed E-state index contributed by atoms with van der Waals surface area (Å²) in [5.74, 6) is -1.38. The fourth-order valence-electron chi connectivity index (χ4n) is 0.777. The molecule has 0 saturated carbocycles. The van der Waals surface area contributed by atoms with Gasteiger partial charge in [-0.1, -0.05) is 0 Å². The van der Waals surface area contributed by atoms with Crippen LogP contribution in [-0.2, 0) is 6.18 Å². The molecule has 0 heterocycles. The van der Waals surface area contributed by atoms with Crippen molar-refractivity contribution in [2.24, 2.45) is 0 Å². The highest BCUT2D eigenvalue weighted by Gasteiger charge is 2.36. The van der Waals surface area contributed by atoms with Crippen molar-refractivity contribution in [2.45, 2.75) is 6.18 Å². The molecule has 2 N–H and O–H groups in total. The number of nitrogen functional groups attached to an aromatic ring is 1. The molecule has 0 unspecified atom stereocenters. The Morgan fingerprint density at radius 2 is 1.92 bits per heavy atom. The van der Waals surface area contributed by atoms with Crippen molar-refractivity contribution < 1.29 is 17.6 Å². The Hall–Kier alpha value is -1.26. The lowest BCUT2D eigenvalue weighted by molar-refractivity contribution is -0.139. The largest absolute Gasteiger partial charge is 0.421 e. The first-order valence-electron chi connectivity index (χ1n) is 2.96. The summed E-state index contributed by atoms with van der Waals surface area (Å²) in [6, 6.07) is 3.73. The third kappa shape index (κ3) is 1.49. The maximum absolute atomic E-state index is 12.5. The van der Waals surface area contributed by atoms with Crippen LogP contribution in [0.3, 0.4) is 0 Å². The summed E-state index contributed by atoms with van der Waals surface area (Å²) >= 11 is 0. The SMILES string of the molecule is Nc1[c]ccc(F)c1C(F)(F)F. The van der Waals surface area contributed by atoms with Gasteiger partial charge in [0.05, 0.1) is 5.69 Å². The smallest absolute Gasteiger partial charge is 0.398 e. The number of alkyl halides is 3. The van der Waals surface area contributed by atoms with E-state index in [2.05, 4.69) is 6.07 Å². The summed E-state index contributed by atoms with van der Waals surface area (Å²) in [6.45, 7) is 0. The van der Waals surface area contributed by atoms with Crippen LogP contribution < -0.4 is 5.73 Å². The van der Waals surface area contributed by atoms with Gasteiger partial charge < -0.3 is 5.73 Å². The average Bonchev–Trinajstić information content (AvgIpc) is 1.82. The van der Waals surface area contributed by atoms with Crippen LogP contribution in [0.15, 0.2) is 12.1 Å². The second kappa shape index (κ2) is 2.66. The van der Waals surface area contributed by atoms with E-state index in [0.29, 0.717) is 6.07 Å². The van der Waals surface area contributed by atoms with Crippen LogP contribution in [0.1, 0.15) is 5.56 Å². The molecule has 1 nitrogen and oxygen atoms in total. The molecule has 0 aliphatic carbocycles. The third-order valence-corrected chi connectivity index (χ3v) is 1.26. The van der Waals surface area contributed by atoms with Crippen LogP contribution in [-0.4, -0.2) is 0 Å². The number of anilines is 1. The fraction of sp³-hybridized carbons (Fsp3) is 0.143. The Kier molecular flexibility index (Phi) is 1.95. The second-order valence-electron chi connectivity index (χ2n) is 2.11.